The van der Waals surface area contributed by atoms with Crippen molar-refractivity contribution in [1.29, 1.82) is 0 Å². The lowest BCUT2D eigenvalue weighted by Gasteiger charge is -2.22. The molecule has 28 heavy (non-hydrogen) atoms. The predicted octanol–water partition coefficient (Wildman–Crippen LogP) is 3.41. The van der Waals surface area contributed by atoms with E-state index in [-0.39, 0.29) is 18.5 Å². The standard InChI is InChI=1S/C21H26N2O5/c1-3-12-27-17-10-6-5-9-15(17)20(24)16-14-23(18-11-7-8-13-28-18)22-19(16)21(25)26-4-2/h3,5-6,9-10,14,18,20,24H,1,4,7-8,11-13H2,2H3. The van der Waals surface area contributed by atoms with Crippen LogP contribution >= 0.6 is 0 Å². The highest BCUT2D eigenvalue weighted by Gasteiger charge is 2.28. The van der Waals surface area contributed by atoms with Gasteiger partial charge in [0.05, 0.1) is 6.61 Å². The molecule has 0 aliphatic carbocycles. The quantitative estimate of drug-likeness (QED) is 0.553. The lowest BCUT2D eigenvalue weighted by atomic mass is 10.0. The number of rotatable bonds is 8. The van der Waals surface area contributed by atoms with Gasteiger partial charge in [-0.3, -0.25) is 0 Å². The molecule has 1 fully saturated rings. The summed E-state index contributed by atoms with van der Waals surface area (Å²) in [6.07, 6.45) is 4.77. The molecule has 1 aromatic carbocycles. The number of carbonyl (C=O) groups excluding carboxylic acids is 1. The maximum absolute atomic E-state index is 12.5. The molecule has 0 radical (unpaired) electrons. The van der Waals surface area contributed by atoms with Crippen LogP contribution < -0.4 is 4.74 Å². The summed E-state index contributed by atoms with van der Waals surface area (Å²) in [5, 5.41) is 15.5. The van der Waals surface area contributed by atoms with E-state index in [4.69, 9.17) is 14.2 Å². The maximum Gasteiger partial charge on any atom is 0.359 e. The summed E-state index contributed by atoms with van der Waals surface area (Å²) in [4.78, 5) is 12.5. The fraction of sp³-hybridized carbons (Fsp3) is 0.429. The molecule has 0 saturated carbocycles. The summed E-state index contributed by atoms with van der Waals surface area (Å²) in [6, 6.07) is 7.14. The number of ether oxygens (including phenoxy) is 3. The van der Waals surface area contributed by atoms with Gasteiger partial charge in [-0.15, -0.1) is 0 Å². The van der Waals surface area contributed by atoms with E-state index in [1.807, 2.05) is 6.07 Å². The first-order chi connectivity index (χ1) is 13.7. The fourth-order valence-corrected chi connectivity index (χ4v) is 3.20. The van der Waals surface area contributed by atoms with Crippen LogP contribution in [-0.4, -0.2) is 40.7 Å². The van der Waals surface area contributed by atoms with Gasteiger partial charge in [-0.05, 0) is 32.3 Å². The van der Waals surface area contributed by atoms with Crippen LogP contribution in [0.5, 0.6) is 5.75 Å². The Balaban J connectivity index is 1.98. The Morgan fingerprint density at radius 2 is 2.25 bits per heavy atom. The Bertz CT molecular complexity index is 811. The number of hydrogen-bond acceptors (Lipinski definition) is 6. The number of aromatic nitrogens is 2. The SMILES string of the molecule is C=CCOc1ccccc1C(O)c1cn(C2CCCCO2)nc1C(=O)OCC. The van der Waals surface area contributed by atoms with E-state index in [1.54, 1.807) is 42.1 Å². The largest absolute Gasteiger partial charge is 0.489 e. The zero-order chi connectivity index (χ0) is 19.9. The van der Waals surface area contributed by atoms with Crippen molar-refractivity contribution in [3.63, 3.8) is 0 Å². The molecule has 2 atom stereocenters. The molecule has 1 aliphatic heterocycles. The van der Waals surface area contributed by atoms with Crippen LogP contribution in [0.1, 0.15) is 60.1 Å². The van der Waals surface area contributed by atoms with Crippen molar-refractivity contribution >= 4 is 5.97 Å². The minimum absolute atomic E-state index is 0.0852. The molecule has 2 unspecified atom stereocenters. The van der Waals surface area contributed by atoms with E-state index in [2.05, 4.69) is 11.7 Å². The van der Waals surface area contributed by atoms with Crippen LogP contribution in [-0.2, 0) is 9.47 Å². The zero-order valence-corrected chi connectivity index (χ0v) is 16.0. The molecule has 7 nitrogen and oxygen atoms in total. The van der Waals surface area contributed by atoms with Crippen LogP contribution in [0.4, 0.5) is 0 Å². The molecule has 0 bridgehead atoms. The van der Waals surface area contributed by atoms with E-state index < -0.39 is 12.1 Å². The van der Waals surface area contributed by atoms with E-state index in [1.165, 1.54) is 0 Å². The van der Waals surface area contributed by atoms with Gasteiger partial charge in [-0.25, -0.2) is 9.48 Å². The number of aliphatic hydroxyl groups is 1. The van der Waals surface area contributed by atoms with Crippen molar-refractivity contribution in [2.75, 3.05) is 19.8 Å². The van der Waals surface area contributed by atoms with Crippen LogP contribution in [0.2, 0.25) is 0 Å². The molecule has 0 amide bonds. The molecule has 1 aromatic heterocycles. The summed E-state index contributed by atoms with van der Waals surface area (Å²) in [5.74, 6) is -0.0537. The summed E-state index contributed by atoms with van der Waals surface area (Å²) in [7, 11) is 0. The number of nitrogens with zero attached hydrogens (tertiary/aromatic N) is 2. The van der Waals surface area contributed by atoms with E-state index >= 15 is 0 Å². The van der Waals surface area contributed by atoms with Crippen molar-refractivity contribution in [1.82, 2.24) is 9.78 Å². The number of aliphatic hydroxyl groups excluding tert-OH is 1. The minimum Gasteiger partial charge on any atom is -0.489 e. The molecule has 0 spiro atoms. The van der Waals surface area contributed by atoms with Gasteiger partial charge in [0.1, 0.15) is 24.7 Å². The van der Waals surface area contributed by atoms with Gasteiger partial charge < -0.3 is 19.3 Å². The van der Waals surface area contributed by atoms with Crippen molar-refractivity contribution in [3.05, 3.63) is 59.9 Å². The Kier molecular flexibility index (Phi) is 6.84. The van der Waals surface area contributed by atoms with Crippen LogP contribution in [0.25, 0.3) is 0 Å². The topological polar surface area (TPSA) is 82.8 Å². The zero-order valence-electron chi connectivity index (χ0n) is 16.0. The molecule has 3 rings (SSSR count). The Morgan fingerprint density at radius 1 is 1.43 bits per heavy atom. The average molecular weight is 386 g/mol. The van der Waals surface area contributed by atoms with Crippen molar-refractivity contribution in [3.8, 4) is 5.75 Å². The summed E-state index contributed by atoms with van der Waals surface area (Å²) >= 11 is 0. The van der Waals surface area contributed by atoms with E-state index in [0.29, 0.717) is 30.1 Å². The Hall–Kier alpha value is -2.64. The minimum atomic E-state index is -1.10. The number of esters is 1. The van der Waals surface area contributed by atoms with Crippen LogP contribution in [0, 0.1) is 0 Å². The maximum atomic E-state index is 12.5. The van der Waals surface area contributed by atoms with Gasteiger partial charge in [0.15, 0.2) is 5.69 Å². The lowest BCUT2D eigenvalue weighted by Crippen LogP contribution is -2.19. The van der Waals surface area contributed by atoms with Gasteiger partial charge in [0.2, 0.25) is 0 Å². The molecule has 150 valence electrons. The van der Waals surface area contributed by atoms with Crippen molar-refractivity contribution < 1.29 is 24.1 Å². The van der Waals surface area contributed by atoms with E-state index in [9.17, 15) is 9.90 Å². The second-order valence-electron chi connectivity index (χ2n) is 6.49. The highest BCUT2D eigenvalue weighted by Crippen LogP contribution is 2.33. The summed E-state index contributed by atoms with van der Waals surface area (Å²) < 4.78 is 18.2. The first-order valence-electron chi connectivity index (χ1n) is 9.54. The predicted molar refractivity (Wildman–Crippen MR) is 103 cm³/mol. The molecular formula is C21H26N2O5. The monoisotopic (exact) mass is 386 g/mol. The average Bonchev–Trinajstić information content (AvgIpc) is 3.18. The second kappa shape index (κ2) is 9.52. The third kappa shape index (κ3) is 4.43. The van der Waals surface area contributed by atoms with Crippen molar-refractivity contribution in [2.45, 2.75) is 38.5 Å². The smallest absolute Gasteiger partial charge is 0.359 e. The fourth-order valence-electron chi connectivity index (χ4n) is 3.20. The number of benzene rings is 1. The molecule has 7 heteroatoms. The van der Waals surface area contributed by atoms with Crippen molar-refractivity contribution in [2.24, 2.45) is 0 Å². The van der Waals surface area contributed by atoms with E-state index in [0.717, 1.165) is 19.3 Å². The summed E-state index contributed by atoms with van der Waals surface area (Å²) in [5.41, 5.74) is 0.989. The number of carbonyl (C=O) groups is 1. The highest BCUT2D eigenvalue weighted by atomic mass is 16.5. The Morgan fingerprint density at radius 3 is 2.96 bits per heavy atom. The van der Waals surface area contributed by atoms with Crippen LogP contribution in [0.3, 0.4) is 0 Å². The number of para-hydroxylation sites is 1. The molecular weight excluding hydrogens is 360 g/mol. The molecule has 2 heterocycles. The first kappa shape index (κ1) is 20.1. The third-order valence-electron chi connectivity index (χ3n) is 4.54. The first-order valence-corrected chi connectivity index (χ1v) is 9.54. The lowest BCUT2D eigenvalue weighted by molar-refractivity contribution is -0.0398. The number of hydrogen-bond donors (Lipinski definition) is 1. The second-order valence-corrected chi connectivity index (χ2v) is 6.49. The molecule has 1 N–H and O–H groups in total. The Labute approximate surface area is 164 Å². The molecule has 2 aromatic rings. The molecule has 1 saturated heterocycles. The normalized spacial score (nSPS) is 17.7. The third-order valence-corrected chi connectivity index (χ3v) is 4.54. The van der Waals surface area contributed by atoms with Gasteiger partial charge >= 0.3 is 5.97 Å². The van der Waals surface area contributed by atoms with Crippen LogP contribution in [0.15, 0.2) is 43.1 Å². The van der Waals surface area contributed by atoms with Gasteiger partial charge in [-0.1, -0.05) is 30.9 Å². The summed E-state index contributed by atoms with van der Waals surface area (Å²) in [6.45, 7) is 6.55. The van der Waals surface area contributed by atoms with Gasteiger partial charge in [-0.2, -0.15) is 5.10 Å². The van der Waals surface area contributed by atoms with Gasteiger partial charge in [0.25, 0.3) is 0 Å². The molecule has 1 aliphatic rings. The highest BCUT2D eigenvalue weighted by molar-refractivity contribution is 5.89. The van der Waals surface area contributed by atoms with Gasteiger partial charge in [0, 0.05) is 23.9 Å².